The van der Waals surface area contributed by atoms with Crippen molar-refractivity contribution in [2.24, 2.45) is 0 Å². The average Bonchev–Trinajstić information content (AvgIpc) is 3.14. The number of carbonyl (C=O) groups excluding carboxylic acids is 1. The molecule has 0 radical (unpaired) electrons. The number of Topliss-reactive ketones (excluding diaryl/α,β-unsaturated/α-hetero) is 1. The highest BCUT2D eigenvalue weighted by Crippen LogP contribution is 2.29. The second-order valence-corrected chi connectivity index (χ2v) is 7.24. The van der Waals surface area contributed by atoms with Gasteiger partial charge in [-0.2, -0.15) is 0 Å². The van der Waals surface area contributed by atoms with Gasteiger partial charge in [0.05, 0.1) is 31.1 Å². The molecule has 0 aliphatic heterocycles. The van der Waals surface area contributed by atoms with Crippen LogP contribution in [-0.4, -0.2) is 40.4 Å². The van der Waals surface area contributed by atoms with Crippen LogP contribution in [0.15, 0.2) is 53.7 Å². The molecule has 7 heteroatoms. The van der Waals surface area contributed by atoms with Gasteiger partial charge in [0, 0.05) is 5.39 Å². The van der Waals surface area contributed by atoms with Crippen molar-refractivity contribution in [1.29, 1.82) is 0 Å². The van der Waals surface area contributed by atoms with E-state index >= 15 is 0 Å². The van der Waals surface area contributed by atoms with E-state index in [0.29, 0.717) is 22.2 Å². The fraction of sp³-hybridized carbons (Fsp3) is 0.190. The number of aromatic nitrogens is 3. The van der Waals surface area contributed by atoms with Crippen LogP contribution in [0, 0.1) is 6.92 Å². The Morgan fingerprint density at radius 1 is 1.07 bits per heavy atom. The molecule has 0 amide bonds. The normalized spacial score (nSPS) is 11.1. The maximum Gasteiger partial charge on any atom is 0.196 e. The Labute approximate surface area is 166 Å². The third-order valence-electron chi connectivity index (χ3n) is 4.61. The van der Waals surface area contributed by atoms with Crippen LogP contribution >= 0.6 is 11.8 Å². The van der Waals surface area contributed by atoms with Crippen molar-refractivity contribution >= 4 is 34.1 Å². The van der Waals surface area contributed by atoms with Crippen molar-refractivity contribution in [1.82, 2.24) is 14.6 Å². The molecule has 0 N–H and O–H groups in total. The van der Waals surface area contributed by atoms with Gasteiger partial charge in [0.15, 0.2) is 16.6 Å². The number of nitrogens with zero attached hydrogens (tertiary/aromatic N) is 3. The minimum absolute atomic E-state index is 0.0612. The van der Waals surface area contributed by atoms with E-state index in [0.717, 1.165) is 22.1 Å². The molecule has 0 spiro atoms. The Morgan fingerprint density at radius 3 is 2.68 bits per heavy atom. The van der Waals surface area contributed by atoms with Crippen molar-refractivity contribution in [3.8, 4) is 11.5 Å². The standard InChI is InChI=1S/C21H19N3O3S/c1-13-10-20-22-23-21(24(20)17-7-5-4-6-15(13)17)28-12-18(25)16-11-14(26-2)8-9-19(16)27-3/h4-11H,12H2,1-3H3. The number of benzene rings is 2. The van der Waals surface area contributed by atoms with Gasteiger partial charge in [0.2, 0.25) is 0 Å². The van der Waals surface area contributed by atoms with Crippen molar-refractivity contribution in [3.05, 3.63) is 59.7 Å². The summed E-state index contributed by atoms with van der Waals surface area (Å²) in [6.45, 7) is 2.06. The van der Waals surface area contributed by atoms with Gasteiger partial charge in [-0.3, -0.25) is 9.20 Å². The molecule has 0 saturated heterocycles. The third kappa shape index (κ3) is 3.18. The first-order valence-corrected chi connectivity index (χ1v) is 9.72. The smallest absolute Gasteiger partial charge is 0.196 e. The Morgan fingerprint density at radius 2 is 1.89 bits per heavy atom. The van der Waals surface area contributed by atoms with Crippen LogP contribution in [0.5, 0.6) is 11.5 Å². The van der Waals surface area contributed by atoms with Gasteiger partial charge in [0.1, 0.15) is 11.5 Å². The second kappa shape index (κ2) is 7.52. The lowest BCUT2D eigenvalue weighted by Gasteiger charge is -2.10. The van der Waals surface area contributed by atoms with Gasteiger partial charge in [-0.1, -0.05) is 30.0 Å². The zero-order chi connectivity index (χ0) is 19.7. The van der Waals surface area contributed by atoms with Crippen LogP contribution in [0.25, 0.3) is 16.6 Å². The number of ether oxygens (including phenoxy) is 2. The fourth-order valence-corrected chi connectivity index (χ4v) is 4.04. The van der Waals surface area contributed by atoms with Crippen LogP contribution in [-0.2, 0) is 0 Å². The SMILES string of the molecule is COc1ccc(OC)c(C(=O)CSc2nnc3cc(C)c4ccccc4n23)c1. The predicted molar refractivity (Wildman–Crippen MR) is 110 cm³/mol. The molecule has 4 aromatic rings. The molecule has 0 aliphatic rings. The number of fused-ring (bicyclic) bond motifs is 3. The molecule has 0 fully saturated rings. The first-order valence-electron chi connectivity index (χ1n) is 8.74. The lowest BCUT2D eigenvalue weighted by Crippen LogP contribution is -2.06. The highest BCUT2D eigenvalue weighted by molar-refractivity contribution is 7.99. The van der Waals surface area contributed by atoms with Gasteiger partial charge in [-0.25, -0.2) is 0 Å². The molecule has 28 heavy (non-hydrogen) atoms. The number of para-hydroxylation sites is 1. The number of rotatable bonds is 6. The monoisotopic (exact) mass is 393 g/mol. The molecule has 142 valence electrons. The number of pyridine rings is 1. The molecular weight excluding hydrogens is 374 g/mol. The number of ketones is 1. The summed E-state index contributed by atoms with van der Waals surface area (Å²) >= 11 is 1.36. The Bertz CT molecular complexity index is 1190. The fourth-order valence-electron chi connectivity index (χ4n) is 3.21. The van der Waals surface area contributed by atoms with Gasteiger partial charge in [0.25, 0.3) is 0 Å². The minimum Gasteiger partial charge on any atom is -0.497 e. The van der Waals surface area contributed by atoms with Crippen molar-refractivity contribution < 1.29 is 14.3 Å². The molecule has 0 aliphatic carbocycles. The minimum atomic E-state index is -0.0612. The van der Waals surface area contributed by atoms with Gasteiger partial charge >= 0.3 is 0 Å². The molecule has 2 heterocycles. The maximum atomic E-state index is 12.8. The highest BCUT2D eigenvalue weighted by atomic mass is 32.2. The van der Waals surface area contributed by atoms with E-state index in [1.165, 1.54) is 11.8 Å². The topological polar surface area (TPSA) is 65.7 Å². The summed E-state index contributed by atoms with van der Waals surface area (Å²) in [5, 5.41) is 10.4. The van der Waals surface area contributed by atoms with Crippen LogP contribution in [0.4, 0.5) is 0 Å². The quantitative estimate of drug-likeness (QED) is 0.362. The summed E-state index contributed by atoms with van der Waals surface area (Å²) in [6.07, 6.45) is 0. The molecular formula is C21H19N3O3S. The zero-order valence-electron chi connectivity index (χ0n) is 15.8. The molecule has 0 bridgehead atoms. The lowest BCUT2D eigenvalue weighted by molar-refractivity contribution is 0.101. The number of hydrogen-bond acceptors (Lipinski definition) is 6. The second-order valence-electron chi connectivity index (χ2n) is 6.30. The predicted octanol–water partition coefficient (Wildman–Crippen LogP) is 4.18. The summed E-state index contributed by atoms with van der Waals surface area (Å²) < 4.78 is 12.5. The van der Waals surface area contributed by atoms with Crippen LogP contribution < -0.4 is 9.47 Å². The molecule has 0 unspecified atom stereocenters. The summed E-state index contributed by atoms with van der Waals surface area (Å²) in [7, 11) is 3.12. The molecule has 0 atom stereocenters. The summed E-state index contributed by atoms with van der Waals surface area (Å²) in [4.78, 5) is 12.8. The molecule has 4 rings (SSSR count). The number of thioether (sulfide) groups is 1. The van der Waals surface area contributed by atoms with Gasteiger partial charge in [-0.15, -0.1) is 10.2 Å². The molecule has 0 saturated carbocycles. The number of hydrogen-bond donors (Lipinski definition) is 0. The van der Waals surface area contributed by atoms with E-state index in [1.807, 2.05) is 28.7 Å². The lowest BCUT2D eigenvalue weighted by atomic mass is 10.1. The van der Waals surface area contributed by atoms with E-state index in [1.54, 1.807) is 32.4 Å². The van der Waals surface area contributed by atoms with Crippen LogP contribution in [0.2, 0.25) is 0 Å². The Kier molecular flexibility index (Phi) is 4.92. The van der Waals surface area contributed by atoms with Crippen LogP contribution in [0.3, 0.4) is 0 Å². The van der Waals surface area contributed by atoms with E-state index in [4.69, 9.17) is 9.47 Å². The van der Waals surface area contributed by atoms with Crippen molar-refractivity contribution in [2.45, 2.75) is 12.1 Å². The van der Waals surface area contributed by atoms with E-state index in [-0.39, 0.29) is 11.5 Å². The third-order valence-corrected chi connectivity index (χ3v) is 5.54. The first kappa shape index (κ1) is 18.3. The molecule has 2 aromatic heterocycles. The Hall–Kier alpha value is -3.06. The first-order chi connectivity index (χ1) is 13.6. The zero-order valence-corrected chi connectivity index (χ0v) is 16.6. The average molecular weight is 393 g/mol. The van der Waals surface area contributed by atoms with Crippen molar-refractivity contribution in [3.63, 3.8) is 0 Å². The van der Waals surface area contributed by atoms with E-state index < -0.39 is 0 Å². The van der Waals surface area contributed by atoms with Crippen LogP contribution in [0.1, 0.15) is 15.9 Å². The van der Waals surface area contributed by atoms with Gasteiger partial charge in [-0.05, 0) is 42.8 Å². The van der Waals surface area contributed by atoms with E-state index in [9.17, 15) is 4.79 Å². The van der Waals surface area contributed by atoms with Gasteiger partial charge < -0.3 is 9.47 Å². The summed E-state index contributed by atoms with van der Waals surface area (Å²) in [5.74, 6) is 1.29. The summed E-state index contributed by atoms with van der Waals surface area (Å²) in [6, 6.07) is 15.3. The summed E-state index contributed by atoms with van der Waals surface area (Å²) in [5.41, 5.74) is 3.43. The Balaban J connectivity index is 1.67. The maximum absolute atomic E-state index is 12.8. The number of methoxy groups -OCH3 is 2. The van der Waals surface area contributed by atoms with E-state index in [2.05, 4.69) is 23.2 Å². The highest BCUT2D eigenvalue weighted by Gasteiger charge is 2.17. The van der Waals surface area contributed by atoms with Crippen molar-refractivity contribution in [2.75, 3.05) is 20.0 Å². The molecule has 2 aromatic carbocycles. The number of aryl methyl sites for hydroxylation is 1. The number of carbonyl (C=O) groups is 1. The largest absolute Gasteiger partial charge is 0.497 e. The molecule has 6 nitrogen and oxygen atoms in total.